The van der Waals surface area contributed by atoms with Gasteiger partial charge >= 0.3 is 11.9 Å². The van der Waals surface area contributed by atoms with Gasteiger partial charge in [-0.25, -0.2) is 0 Å². The second-order valence-corrected chi connectivity index (χ2v) is 6.47. The SMILES string of the molecule is COc1ccc(C2OCC3O[C@H](OC)C(OC(C)=O)[C@H](OC(C)=O)[C@H]3O2)cc1. The minimum absolute atomic E-state index is 0.186. The van der Waals surface area contributed by atoms with E-state index in [4.69, 9.17) is 33.2 Å². The van der Waals surface area contributed by atoms with Gasteiger partial charge in [0.2, 0.25) is 0 Å². The Morgan fingerprint density at radius 1 is 0.964 bits per heavy atom. The molecule has 2 aliphatic rings. The highest BCUT2D eigenvalue weighted by atomic mass is 16.8. The highest BCUT2D eigenvalue weighted by Gasteiger charge is 2.53. The largest absolute Gasteiger partial charge is 0.497 e. The molecule has 1 aromatic rings. The number of rotatable bonds is 5. The molecule has 0 aliphatic carbocycles. The van der Waals surface area contributed by atoms with E-state index in [1.165, 1.54) is 21.0 Å². The summed E-state index contributed by atoms with van der Waals surface area (Å²) in [6.07, 6.45) is -4.77. The van der Waals surface area contributed by atoms with Crippen molar-refractivity contribution in [3.8, 4) is 5.75 Å². The molecule has 0 radical (unpaired) electrons. The molecule has 0 aromatic heterocycles. The number of carbonyl (C=O) groups is 2. The van der Waals surface area contributed by atoms with Gasteiger partial charge in [0.1, 0.15) is 18.0 Å². The standard InChI is InChI=1S/C19H24O9/c1-10(20)25-16-15-14(27-19(23-4)17(16)26-11(2)21)9-24-18(28-15)12-5-7-13(22-3)8-6-12/h5-8,14-19H,9H2,1-4H3/t14?,15-,16+,17?,18?,19-/m0/s1. The van der Waals surface area contributed by atoms with Crippen LogP contribution in [0.1, 0.15) is 25.7 Å². The number of esters is 2. The molecule has 0 bridgehead atoms. The van der Waals surface area contributed by atoms with Crippen molar-refractivity contribution in [1.82, 2.24) is 0 Å². The molecule has 2 saturated heterocycles. The first kappa shape index (κ1) is 20.5. The molecule has 2 fully saturated rings. The number of hydrogen-bond donors (Lipinski definition) is 0. The summed E-state index contributed by atoms with van der Waals surface area (Å²) in [5, 5.41) is 0. The maximum Gasteiger partial charge on any atom is 0.303 e. The number of ether oxygens (including phenoxy) is 7. The first-order chi connectivity index (χ1) is 13.4. The van der Waals surface area contributed by atoms with Gasteiger partial charge in [-0.1, -0.05) is 12.1 Å². The predicted molar refractivity (Wildman–Crippen MR) is 93.3 cm³/mol. The third-order valence-electron chi connectivity index (χ3n) is 4.51. The van der Waals surface area contributed by atoms with Gasteiger partial charge < -0.3 is 33.2 Å². The van der Waals surface area contributed by atoms with E-state index in [1.807, 2.05) is 12.1 Å². The lowest BCUT2D eigenvalue weighted by Gasteiger charge is -2.47. The molecule has 0 amide bonds. The van der Waals surface area contributed by atoms with Crippen LogP contribution in [0.3, 0.4) is 0 Å². The van der Waals surface area contributed by atoms with Crippen molar-refractivity contribution < 1.29 is 42.7 Å². The number of fused-ring (bicyclic) bond motifs is 1. The molecule has 9 heteroatoms. The number of benzene rings is 1. The van der Waals surface area contributed by atoms with E-state index >= 15 is 0 Å². The quantitative estimate of drug-likeness (QED) is 0.683. The van der Waals surface area contributed by atoms with Crippen LogP contribution in [0, 0.1) is 0 Å². The summed E-state index contributed by atoms with van der Waals surface area (Å²) in [7, 11) is 2.99. The average Bonchev–Trinajstić information content (AvgIpc) is 2.68. The maximum absolute atomic E-state index is 11.7. The zero-order chi connectivity index (χ0) is 20.3. The van der Waals surface area contributed by atoms with Crippen molar-refractivity contribution in [2.45, 2.75) is 50.8 Å². The molecule has 1 aromatic carbocycles. The lowest BCUT2D eigenvalue weighted by Crippen LogP contribution is -2.64. The molecule has 0 saturated carbocycles. The summed E-state index contributed by atoms with van der Waals surface area (Å²) in [6, 6.07) is 7.21. The van der Waals surface area contributed by atoms with Crippen LogP contribution in [-0.4, -0.2) is 63.5 Å². The lowest BCUT2D eigenvalue weighted by molar-refractivity contribution is -0.359. The zero-order valence-electron chi connectivity index (χ0n) is 16.2. The Labute approximate surface area is 162 Å². The predicted octanol–water partition coefficient (Wildman–Crippen LogP) is 1.34. The van der Waals surface area contributed by atoms with Crippen molar-refractivity contribution in [3.63, 3.8) is 0 Å². The molecule has 3 rings (SSSR count). The maximum atomic E-state index is 11.7. The Morgan fingerprint density at radius 3 is 2.18 bits per heavy atom. The molecule has 154 valence electrons. The van der Waals surface area contributed by atoms with Crippen molar-refractivity contribution in [3.05, 3.63) is 29.8 Å². The summed E-state index contributed by atoms with van der Waals surface area (Å²) < 4.78 is 38.9. The van der Waals surface area contributed by atoms with Crippen LogP contribution >= 0.6 is 0 Å². The van der Waals surface area contributed by atoms with E-state index in [-0.39, 0.29) is 6.61 Å². The van der Waals surface area contributed by atoms with Gasteiger partial charge in [-0.2, -0.15) is 0 Å². The minimum Gasteiger partial charge on any atom is -0.497 e. The van der Waals surface area contributed by atoms with E-state index in [0.29, 0.717) is 5.75 Å². The van der Waals surface area contributed by atoms with Crippen LogP contribution in [-0.2, 0) is 38.0 Å². The summed E-state index contributed by atoms with van der Waals surface area (Å²) in [5.74, 6) is -0.382. The highest BCUT2D eigenvalue weighted by Crippen LogP contribution is 2.36. The molecule has 0 spiro atoms. The van der Waals surface area contributed by atoms with E-state index in [2.05, 4.69) is 0 Å². The Balaban J connectivity index is 1.84. The fourth-order valence-corrected chi connectivity index (χ4v) is 3.31. The summed E-state index contributed by atoms with van der Waals surface area (Å²) in [4.78, 5) is 23.2. The van der Waals surface area contributed by atoms with Crippen LogP contribution in [0.15, 0.2) is 24.3 Å². The minimum atomic E-state index is -0.970. The molecule has 28 heavy (non-hydrogen) atoms. The number of hydrogen-bond acceptors (Lipinski definition) is 9. The van der Waals surface area contributed by atoms with Gasteiger partial charge in [-0.05, 0) is 12.1 Å². The van der Waals surface area contributed by atoms with E-state index in [9.17, 15) is 9.59 Å². The third-order valence-corrected chi connectivity index (χ3v) is 4.51. The van der Waals surface area contributed by atoms with Crippen LogP contribution in [0.4, 0.5) is 0 Å². The van der Waals surface area contributed by atoms with Gasteiger partial charge in [0.15, 0.2) is 24.8 Å². The monoisotopic (exact) mass is 396 g/mol. The Kier molecular flexibility index (Phi) is 6.50. The van der Waals surface area contributed by atoms with Gasteiger partial charge in [0, 0.05) is 26.5 Å². The Morgan fingerprint density at radius 2 is 1.61 bits per heavy atom. The number of methoxy groups -OCH3 is 2. The van der Waals surface area contributed by atoms with Crippen LogP contribution < -0.4 is 4.74 Å². The van der Waals surface area contributed by atoms with Crippen molar-refractivity contribution in [2.24, 2.45) is 0 Å². The molecule has 3 unspecified atom stereocenters. The third kappa shape index (κ3) is 4.44. The van der Waals surface area contributed by atoms with Crippen molar-refractivity contribution in [2.75, 3.05) is 20.8 Å². The Hall–Kier alpha value is -2.20. The van der Waals surface area contributed by atoms with Crippen LogP contribution in [0.25, 0.3) is 0 Å². The number of carbonyl (C=O) groups excluding carboxylic acids is 2. The molecule has 2 aliphatic heterocycles. The van der Waals surface area contributed by atoms with Gasteiger partial charge in [0.05, 0.1) is 13.7 Å². The van der Waals surface area contributed by atoms with E-state index in [0.717, 1.165) is 5.56 Å². The lowest BCUT2D eigenvalue weighted by atomic mass is 9.97. The first-order valence-corrected chi connectivity index (χ1v) is 8.86. The summed E-state index contributed by atoms with van der Waals surface area (Å²) in [6.45, 7) is 2.72. The second kappa shape index (κ2) is 8.87. The fourth-order valence-electron chi connectivity index (χ4n) is 3.31. The van der Waals surface area contributed by atoms with Crippen molar-refractivity contribution in [1.29, 1.82) is 0 Å². The molecular formula is C19H24O9. The molecule has 0 N–H and O–H groups in total. The van der Waals surface area contributed by atoms with Gasteiger partial charge in [-0.3, -0.25) is 9.59 Å². The first-order valence-electron chi connectivity index (χ1n) is 8.86. The summed E-state index contributed by atoms with van der Waals surface area (Å²) >= 11 is 0. The molecule has 9 nitrogen and oxygen atoms in total. The molecule has 2 heterocycles. The fraction of sp³-hybridized carbons (Fsp3) is 0.579. The van der Waals surface area contributed by atoms with E-state index < -0.39 is 48.9 Å². The topological polar surface area (TPSA) is 98.8 Å². The molecular weight excluding hydrogens is 372 g/mol. The highest BCUT2D eigenvalue weighted by molar-refractivity contribution is 5.67. The van der Waals surface area contributed by atoms with Gasteiger partial charge in [0.25, 0.3) is 0 Å². The second-order valence-electron chi connectivity index (χ2n) is 6.47. The van der Waals surface area contributed by atoms with Crippen LogP contribution in [0.5, 0.6) is 5.75 Å². The average molecular weight is 396 g/mol. The van der Waals surface area contributed by atoms with E-state index in [1.54, 1.807) is 19.2 Å². The van der Waals surface area contributed by atoms with Gasteiger partial charge in [-0.15, -0.1) is 0 Å². The summed E-state index contributed by atoms with van der Waals surface area (Å²) in [5.41, 5.74) is 0.763. The van der Waals surface area contributed by atoms with Crippen molar-refractivity contribution >= 4 is 11.9 Å². The Bertz CT molecular complexity index is 689. The normalized spacial score (nSPS) is 32.1. The smallest absolute Gasteiger partial charge is 0.303 e. The van der Waals surface area contributed by atoms with Crippen LogP contribution in [0.2, 0.25) is 0 Å². The molecule has 6 atom stereocenters. The zero-order valence-corrected chi connectivity index (χ0v) is 16.2.